The second-order valence-corrected chi connectivity index (χ2v) is 4.92. The molecule has 1 saturated heterocycles. The predicted octanol–water partition coefficient (Wildman–Crippen LogP) is 0.693. The highest BCUT2D eigenvalue weighted by Crippen LogP contribution is 2.28. The lowest BCUT2D eigenvalue weighted by Gasteiger charge is -2.21. The summed E-state index contributed by atoms with van der Waals surface area (Å²) >= 11 is 0. The molecule has 104 valence electrons. The Hall–Kier alpha value is -1.82. The van der Waals surface area contributed by atoms with Crippen molar-refractivity contribution in [2.45, 2.75) is 19.8 Å². The van der Waals surface area contributed by atoms with Crippen LogP contribution in [-0.4, -0.2) is 40.8 Å². The average Bonchev–Trinajstić information content (AvgIpc) is 2.86. The third-order valence-electron chi connectivity index (χ3n) is 3.63. The number of rotatable bonds is 4. The number of hydrogen-bond acceptors (Lipinski definition) is 5. The van der Waals surface area contributed by atoms with Crippen molar-refractivity contribution in [1.29, 1.82) is 0 Å². The number of hydrogen-bond donors (Lipinski definition) is 3. The Morgan fingerprint density at radius 3 is 3.11 bits per heavy atom. The monoisotopic (exact) mass is 264 g/mol. The molecule has 0 aromatic carbocycles. The average molecular weight is 264 g/mol. The Balaban J connectivity index is 2.28. The van der Waals surface area contributed by atoms with Gasteiger partial charge in [-0.1, -0.05) is 5.16 Å². The van der Waals surface area contributed by atoms with Crippen molar-refractivity contribution >= 4 is 11.7 Å². The standard InChI is InChI=1S/C13H20N4O2/c1-9-2-5-15-13(11(9)12(14)16-19)17-6-3-10(8-17)4-7-18/h2,5,10,18-19H,3-4,6-8H2,1H3,(H2,14,16). The fraction of sp³-hybridized carbons (Fsp3) is 0.538. The molecule has 1 aromatic heterocycles. The predicted molar refractivity (Wildman–Crippen MR) is 73.5 cm³/mol. The Kier molecular flexibility index (Phi) is 4.21. The second kappa shape index (κ2) is 5.88. The van der Waals surface area contributed by atoms with Gasteiger partial charge in [0.2, 0.25) is 0 Å². The molecule has 19 heavy (non-hydrogen) atoms. The summed E-state index contributed by atoms with van der Waals surface area (Å²) in [6.45, 7) is 3.86. The molecule has 6 nitrogen and oxygen atoms in total. The van der Waals surface area contributed by atoms with Gasteiger partial charge in [-0.3, -0.25) is 0 Å². The van der Waals surface area contributed by atoms with Crippen molar-refractivity contribution in [3.05, 3.63) is 23.4 Å². The number of nitrogens with zero attached hydrogens (tertiary/aromatic N) is 3. The van der Waals surface area contributed by atoms with E-state index in [4.69, 9.17) is 16.0 Å². The van der Waals surface area contributed by atoms with Crippen LogP contribution in [0.4, 0.5) is 5.82 Å². The molecule has 0 spiro atoms. The summed E-state index contributed by atoms with van der Waals surface area (Å²) in [5.74, 6) is 1.33. The highest BCUT2D eigenvalue weighted by Gasteiger charge is 2.26. The SMILES string of the molecule is Cc1ccnc(N2CCC(CCO)C2)c1/C(N)=N/O. The van der Waals surface area contributed by atoms with Gasteiger partial charge < -0.3 is 20.9 Å². The third kappa shape index (κ3) is 2.78. The summed E-state index contributed by atoms with van der Waals surface area (Å²) in [5.41, 5.74) is 7.38. The van der Waals surface area contributed by atoms with Crippen LogP contribution in [0.5, 0.6) is 0 Å². The zero-order chi connectivity index (χ0) is 13.8. The van der Waals surface area contributed by atoms with Gasteiger partial charge in [0.05, 0.1) is 5.56 Å². The van der Waals surface area contributed by atoms with Crippen molar-refractivity contribution < 1.29 is 10.3 Å². The first-order valence-corrected chi connectivity index (χ1v) is 6.46. The largest absolute Gasteiger partial charge is 0.409 e. The number of aromatic nitrogens is 1. The van der Waals surface area contributed by atoms with Gasteiger partial charge in [-0.05, 0) is 37.3 Å². The molecule has 0 bridgehead atoms. The highest BCUT2D eigenvalue weighted by atomic mass is 16.4. The van der Waals surface area contributed by atoms with Crippen LogP contribution in [0.3, 0.4) is 0 Å². The van der Waals surface area contributed by atoms with Gasteiger partial charge in [0, 0.05) is 25.9 Å². The van der Waals surface area contributed by atoms with Crippen LogP contribution >= 0.6 is 0 Å². The number of aryl methyl sites for hydroxylation is 1. The first-order chi connectivity index (χ1) is 9.17. The molecule has 1 unspecified atom stereocenters. The number of amidine groups is 1. The van der Waals surface area contributed by atoms with Gasteiger partial charge in [-0.2, -0.15) is 0 Å². The van der Waals surface area contributed by atoms with Gasteiger partial charge in [0.25, 0.3) is 0 Å². The molecular formula is C13H20N4O2. The smallest absolute Gasteiger partial charge is 0.174 e. The van der Waals surface area contributed by atoms with E-state index in [9.17, 15) is 0 Å². The topological polar surface area (TPSA) is 95.0 Å². The molecular weight excluding hydrogens is 244 g/mol. The Labute approximate surface area is 112 Å². The normalized spacial score (nSPS) is 20.0. The fourth-order valence-corrected chi connectivity index (χ4v) is 2.59. The van der Waals surface area contributed by atoms with Crippen molar-refractivity contribution in [2.24, 2.45) is 16.8 Å². The van der Waals surface area contributed by atoms with E-state index < -0.39 is 0 Å². The van der Waals surface area contributed by atoms with E-state index in [1.807, 2.05) is 13.0 Å². The molecule has 1 aliphatic rings. The molecule has 4 N–H and O–H groups in total. The van der Waals surface area contributed by atoms with Crippen molar-refractivity contribution in [3.63, 3.8) is 0 Å². The number of oxime groups is 1. The van der Waals surface area contributed by atoms with Crippen LogP contribution in [0, 0.1) is 12.8 Å². The van der Waals surface area contributed by atoms with Crippen LogP contribution in [0.25, 0.3) is 0 Å². The number of aliphatic hydroxyl groups excluding tert-OH is 1. The minimum absolute atomic E-state index is 0.0891. The summed E-state index contributed by atoms with van der Waals surface area (Å²) < 4.78 is 0. The van der Waals surface area contributed by atoms with Gasteiger partial charge in [0.15, 0.2) is 5.84 Å². The second-order valence-electron chi connectivity index (χ2n) is 4.92. The number of anilines is 1. The van der Waals surface area contributed by atoms with Gasteiger partial charge in [-0.15, -0.1) is 0 Å². The zero-order valence-corrected chi connectivity index (χ0v) is 11.1. The first kappa shape index (κ1) is 13.6. The summed E-state index contributed by atoms with van der Waals surface area (Å²) in [6.07, 6.45) is 3.57. The Morgan fingerprint density at radius 2 is 2.42 bits per heavy atom. The summed E-state index contributed by atoms with van der Waals surface area (Å²) in [6, 6.07) is 1.85. The van der Waals surface area contributed by atoms with Crippen LogP contribution in [-0.2, 0) is 0 Å². The molecule has 1 atom stereocenters. The molecule has 0 aliphatic carbocycles. The van der Waals surface area contributed by atoms with Gasteiger partial charge in [0.1, 0.15) is 5.82 Å². The molecule has 1 fully saturated rings. The maximum absolute atomic E-state index is 9.00. The van der Waals surface area contributed by atoms with E-state index in [0.29, 0.717) is 11.5 Å². The lowest BCUT2D eigenvalue weighted by atomic mass is 10.1. The molecule has 2 rings (SSSR count). The minimum atomic E-state index is 0.0891. The lowest BCUT2D eigenvalue weighted by molar-refractivity contribution is 0.263. The Morgan fingerprint density at radius 1 is 1.63 bits per heavy atom. The van der Waals surface area contributed by atoms with Crippen LogP contribution in [0.2, 0.25) is 0 Å². The summed E-state index contributed by atoms with van der Waals surface area (Å²) in [4.78, 5) is 6.52. The van der Waals surface area contributed by atoms with E-state index >= 15 is 0 Å². The van der Waals surface area contributed by atoms with Crippen LogP contribution in [0.1, 0.15) is 24.0 Å². The molecule has 0 amide bonds. The first-order valence-electron chi connectivity index (χ1n) is 6.46. The van der Waals surface area contributed by atoms with E-state index in [2.05, 4.69) is 15.0 Å². The van der Waals surface area contributed by atoms with Crippen molar-refractivity contribution in [3.8, 4) is 0 Å². The minimum Gasteiger partial charge on any atom is -0.409 e. The van der Waals surface area contributed by atoms with E-state index in [1.54, 1.807) is 6.20 Å². The van der Waals surface area contributed by atoms with Crippen molar-refractivity contribution in [2.75, 3.05) is 24.6 Å². The highest BCUT2D eigenvalue weighted by molar-refractivity contribution is 6.02. The molecule has 0 radical (unpaired) electrons. The van der Waals surface area contributed by atoms with Crippen LogP contribution in [0.15, 0.2) is 17.4 Å². The molecule has 0 saturated carbocycles. The Bertz CT molecular complexity index is 476. The summed E-state index contributed by atoms with van der Waals surface area (Å²) in [7, 11) is 0. The van der Waals surface area contributed by atoms with Gasteiger partial charge in [-0.25, -0.2) is 4.98 Å². The number of nitrogens with two attached hydrogens (primary N) is 1. The number of pyridine rings is 1. The van der Waals surface area contributed by atoms with Gasteiger partial charge >= 0.3 is 0 Å². The van der Waals surface area contributed by atoms with Crippen molar-refractivity contribution in [1.82, 2.24) is 4.98 Å². The molecule has 1 aromatic rings. The summed E-state index contributed by atoms with van der Waals surface area (Å²) in [5, 5.41) is 21.0. The lowest BCUT2D eigenvalue weighted by Crippen LogP contribution is -2.26. The molecule has 2 heterocycles. The third-order valence-corrected chi connectivity index (χ3v) is 3.63. The quantitative estimate of drug-likeness (QED) is 0.322. The zero-order valence-electron chi connectivity index (χ0n) is 11.1. The number of aliphatic hydroxyl groups is 1. The molecule has 6 heteroatoms. The fourth-order valence-electron chi connectivity index (χ4n) is 2.59. The van der Waals surface area contributed by atoms with E-state index in [1.165, 1.54) is 0 Å². The van der Waals surface area contributed by atoms with E-state index in [0.717, 1.165) is 37.3 Å². The van der Waals surface area contributed by atoms with Crippen LogP contribution < -0.4 is 10.6 Å². The molecule has 1 aliphatic heterocycles. The maximum atomic E-state index is 9.00. The maximum Gasteiger partial charge on any atom is 0.174 e. The van der Waals surface area contributed by atoms with E-state index in [-0.39, 0.29) is 12.4 Å².